The first kappa shape index (κ1) is 28.6. The predicted octanol–water partition coefficient (Wildman–Crippen LogP) is 1.33. The number of cyclic esters (lactones) is 1. The van der Waals surface area contributed by atoms with Gasteiger partial charge in [-0.05, 0) is 32.0 Å². The van der Waals surface area contributed by atoms with Crippen LogP contribution in [0.4, 0.5) is 25.4 Å². The summed E-state index contributed by atoms with van der Waals surface area (Å²) in [5.74, 6) is -1.17. The smallest absolute Gasteiger partial charge is 0.414 e. The van der Waals surface area contributed by atoms with Crippen LogP contribution in [0.15, 0.2) is 36.8 Å². The molecule has 1 aromatic carbocycles. The number of halogens is 1. The Morgan fingerprint density at radius 2 is 1.95 bits per heavy atom. The number of hydrogen-bond donors (Lipinski definition) is 2. The van der Waals surface area contributed by atoms with Gasteiger partial charge in [-0.3, -0.25) is 23.9 Å². The Bertz CT molecular complexity index is 1510. The van der Waals surface area contributed by atoms with E-state index in [-0.39, 0.29) is 32.1 Å². The Hall–Kier alpha value is -4.95. The Morgan fingerprint density at radius 3 is 2.69 bits per heavy atom. The third-order valence-electron chi connectivity index (χ3n) is 7.06. The second-order valence-electron chi connectivity index (χ2n) is 9.75. The molecule has 14 nitrogen and oxygen atoms in total. The van der Waals surface area contributed by atoms with Gasteiger partial charge >= 0.3 is 12.2 Å². The summed E-state index contributed by atoms with van der Waals surface area (Å²) in [5, 5.41) is 5.19. The van der Waals surface area contributed by atoms with E-state index in [9.17, 15) is 19.2 Å². The fourth-order valence-electron chi connectivity index (χ4n) is 4.98. The van der Waals surface area contributed by atoms with Crippen molar-refractivity contribution < 1.29 is 33.0 Å². The van der Waals surface area contributed by atoms with Gasteiger partial charge in [0.2, 0.25) is 5.91 Å². The topological polar surface area (TPSA) is 151 Å². The molecule has 4 heterocycles. The van der Waals surface area contributed by atoms with Gasteiger partial charge in [-0.1, -0.05) is 0 Å². The zero-order valence-corrected chi connectivity index (χ0v) is 23.2. The van der Waals surface area contributed by atoms with Crippen LogP contribution < -0.4 is 20.4 Å². The lowest BCUT2D eigenvalue weighted by molar-refractivity contribution is -0.130. The van der Waals surface area contributed by atoms with Crippen molar-refractivity contribution in [2.24, 2.45) is 0 Å². The number of nitrogens with one attached hydrogen (secondary N) is 2. The van der Waals surface area contributed by atoms with Crippen LogP contribution >= 0.6 is 0 Å². The van der Waals surface area contributed by atoms with E-state index in [0.29, 0.717) is 54.6 Å². The first-order chi connectivity index (χ1) is 20.2. The summed E-state index contributed by atoms with van der Waals surface area (Å²) in [6.45, 7) is 5.15. The summed E-state index contributed by atoms with van der Waals surface area (Å²) in [5.41, 5.74) is 2.10. The van der Waals surface area contributed by atoms with E-state index in [0.717, 1.165) is 0 Å². The van der Waals surface area contributed by atoms with Crippen LogP contribution in [0.3, 0.4) is 0 Å². The maximum absolute atomic E-state index is 15.2. The minimum absolute atomic E-state index is 0.0757. The molecule has 0 saturated carbocycles. The van der Waals surface area contributed by atoms with Gasteiger partial charge in [0.15, 0.2) is 5.65 Å². The number of carbonyl (C=O) groups is 4. The maximum Gasteiger partial charge on any atom is 0.414 e. The van der Waals surface area contributed by atoms with Crippen molar-refractivity contribution in [1.82, 2.24) is 29.9 Å². The number of ether oxygens (including phenoxy) is 2. The summed E-state index contributed by atoms with van der Waals surface area (Å²) in [6, 6.07) is 4.49. The lowest BCUT2D eigenvalue weighted by atomic mass is 10.2. The average molecular weight is 583 g/mol. The van der Waals surface area contributed by atoms with Crippen LogP contribution in [0.2, 0.25) is 0 Å². The van der Waals surface area contributed by atoms with Gasteiger partial charge in [-0.25, -0.2) is 19.0 Å². The van der Waals surface area contributed by atoms with Gasteiger partial charge in [-0.15, -0.1) is 0 Å². The number of aryl methyl sites for hydroxylation is 1. The number of amides is 4. The van der Waals surface area contributed by atoms with Crippen molar-refractivity contribution in [3.8, 4) is 0 Å². The number of aromatic nitrogens is 3. The molecule has 2 aliphatic rings. The molecule has 0 bridgehead atoms. The van der Waals surface area contributed by atoms with E-state index in [2.05, 4.69) is 20.6 Å². The molecule has 42 heavy (non-hydrogen) atoms. The highest BCUT2D eigenvalue weighted by Gasteiger charge is 2.33. The van der Waals surface area contributed by atoms with Crippen molar-refractivity contribution in [3.63, 3.8) is 0 Å². The van der Waals surface area contributed by atoms with E-state index >= 15 is 4.39 Å². The highest BCUT2D eigenvalue weighted by Crippen LogP contribution is 2.28. The molecule has 2 fully saturated rings. The van der Waals surface area contributed by atoms with Crippen LogP contribution in [-0.2, 0) is 14.3 Å². The molecule has 2 aromatic heterocycles. The quantitative estimate of drug-likeness (QED) is 0.401. The number of anilines is 2. The van der Waals surface area contributed by atoms with Gasteiger partial charge in [-0.2, -0.15) is 0 Å². The number of hydrogen-bond acceptors (Lipinski definition) is 9. The normalized spacial score (nSPS) is 16.9. The maximum atomic E-state index is 15.2. The molecule has 0 spiro atoms. The average Bonchev–Trinajstić information content (AvgIpc) is 3.53. The molecule has 1 atom stereocenters. The fraction of sp³-hybridized carbons (Fsp3) is 0.407. The molecule has 5 rings (SSSR count). The number of piperazine rings is 1. The largest absolute Gasteiger partial charge is 0.450 e. The molecule has 0 radical (unpaired) electrons. The Balaban J connectivity index is 1.12. The van der Waals surface area contributed by atoms with Crippen molar-refractivity contribution >= 4 is 41.0 Å². The van der Waals surface area contributed by atoms with Crippen molar-refractivity contribution in [1.29, 1.82) is 0 Å². The number of fused-ring (bicyclic) bond motifs is 1. The fourth-order valence-corrected chi connectivity index (χ4v) is 4.98. The van der Waals surface area contributed by atoms with Crippen LogP contribution in [0.1, 0.15) is 23.1 Å². The third kappa shape index (κ3) is 6.04. The minimum Gasteiger partial charge on any atom is -0.450 e. The molecular formula is C27H31FN8O6. The molecule has 222 valence electrons. The number of carbonyl (C=O) groups excluding carboxylic acids is 4. The van der Waals surface area contributed by atoms with Crippen LogP contribution in [0, 0.1) is 12.7 Å². The van der Waals surface area contributed by atoms with Crippen molar-refractivity contribution in [2.45, 2.75) is 20.0 Å². The highest BCUT2D eigenvalue weighted by molar-refractivity contribution is 5.97. The van der Waals surface area contributed by atoms with Gasteiger partial charge in [0.25, 0.3) is 5.91 Å². The second kappa shape index (κ2) is 12.3. The summed E-state index contributed by atoms with van der Waals surface area (Å²) in [7, 11) is 0. The highest BCUT2D eigenvalue weighted by atomic mass is 19.1. The molecule has 2 N–H and O–H groups in total. The Kier molecular flexibility index (Phi) is 8.36. The molecule has 0 aliphatic carbocycles. The molecule has 2 aliphatic heterocycles. The van der Waals surface area contributed by atoms with E-state index in [1.165, 1.54) is 11.0 Å². The molecule has 1 unspecified atom stereocenters. The first-order valence-corrected chi connectivity index (χ1v) is 13.5. The number of imidazole rings is 1. The van der Waals surface area contributed by atoms with E-state index in [4.69, 9.17) is 9.47 Å². The zero-order valence-electron chi connectivity index (χ0n) is 23.2. The molecule has 2 saturated heterocycles. The number of nitrogens with zero attached hydrogens (tertiary/aromatic N) is 6. The van der Waals surface area contributed by atoms with Crippen LogP contribution in [0.5, 0.6) is 0 Å². The van der Waals surface area contributed by atoms with Gasteiger partial charge in [0, 0.05) is 38.6 Å². The predicted molar refractivity (Wildman–Crippen MR) is 148 cm³/mol. The van der Waals surface area contributed by atoms with Gasteiger partial charge < -0.3 is 29.9 Å². The summed E-state index contributed by atoms with van der Waals surface area (Å²) < 4.78 is 26.8. The standard InChI is InChI=1S/C27H31FN8O6/c1-3-41-26(39)31-13-19-16-36(27(40)42-19)18-4-5-21(20(28)12-18)33-8-10-34(11-9-33)23(37)15-30-25(38)24-17(2)32-22-14-29-6-7-35(22)24/h4-7,12,14,19H,3,8-11,13,15-16H2,1-2H3,(H,30,38)(H,31,39). The minimum atomic E-state index is -0.634. The summed E-state index contributed by atoms with van der Waals surface area (Å²) >= 11 is 0. The van der Waals surface area contributed by atoms with E-state index < -0.39 is 30.0 Å². The number of benzene rings is 1. The number of alkyl carbamates (subject to hydrolysis) is 1. The lowest BCUT2D eigenvalue weighted by Gasteiger charge is -2.36. The van der Waals surface area contributed by atoms with Gasteiger partial charge in [0.05, 0.1) is 49.5 Å². The summed E-state index contributed by atoms with van der Waals surface area (Å²) in [6.07, 6.45) is 2.90. The monoisotopic (exact) mass is 582 g/mol. The van der Waals surface area contributed by atoms with Gasteiger partial charge in [0.1, 0.15) is 17.6 Å². The Morgan fingerprint density at radius 1 is 1.17 bits per heavy atom. The molecule has 15 heteroatoms. The summed E-state index contributed by atoms with van der Waals surface area (Å²) in [4.78, 5) is 62.5. The molecule has 3 aromatic rings. The zero-order chi connectivity index (χ0) is 29.8. The first-order valence-electron chi connectivity index (χ1n) is 13.5. The lowest BCUT2D eigenvalue weighted by Crippen LogP contribution is -2.51. The van der Waals surface area contributed by atoms with E-state index in [1.54, 1.807) is 53.9 Å². The molecular weight excluding hydrogens is 551 g/mol. The third-order valence-corrected chi connectivity index (χ3v) is 7.06. The SMILES string of the molecule is CCOC(=O)NCC1CN(c2ccc(N3CCN(C(=O)CNC(=O)c4c(C)nc5cnccn45)CC3)c(F)c2)C(=O)O1. The van der Waals surface area contributed by atoms with Crippen molar-refractivity contribution in [2.75, 3.05) is 62.2 Å². The Labute approximate surface area is 240 Å². The van der Waals surface area contributed by atoms with Crippen LogP contribution in [-0.4, -0.2) is 102 Å². The second-order valence-corrected chi connectivity index (χ2v) is 9.75. The van der Waals surface area contributed by atoms with E-state index in [1.807, 2.05) is 4.90 Å². The number of rotatable bonds is 8. The molecule has 4 amide bonds. The van der Waals surface area contributed by atoms with Crippen molar-refractivity contribution in [3.05, 3.63) is 54.0 Å². The van der Waals surface area contributed by atoms with Crippen LogP contribution in [0.25, 0.3) is 5.65 Å².